The lowest BCUT2D eigenvalue weighted by Gasteiger charge is -2.51. The molecule has 1 aromatic carbocycles. The van der Waals surface area contributed by atoms with Crippen molar-refractivity contribution in [2.45, 2.75) is 44.7 Å². The molecule has 0 aliphatic carbocycles. The molecular formula is C23H27N3O. The average molecular weight is 361 g/mol. The molecule has 4 heteroatoms. The lowest BCUT2D eigenvalue weighted by atomic mass is 9.75. The van der Waals surface area contributed by atoms with Crippen LogP contribution in [0.2, 0.25) is 0 Å². The standard InChI is InChI=1S/C23H27N3O/c1-15-6-8-17(9-7-15)19-14-26(23(27)20-5-3-4-16(2)24-20)21-18-10-12-25(13-11-18)22(19)21/h3-9,18-19,21-22H,10-14H2,1-2H3/t19-,21+,22+/m0/s1. The predicted molar refractivity (Wildman–Crippen MR) is 106 cm³/mol. The summed E-state index contributed by atoms with van der Waals surface area (Å²) in [6, 6.07) is 15.5. The van der Waals surface area contributed by atoms with Crippen LogP contribution in [0.3, 0.4) is 0 Å². The van der Waals surface area contributed by atoms with Crippen molar-refractivity contribution < 1.29 is 4.79 Å². The summed E-state index contributed by atoms with van der Waals surface area (Å²) in [6.45, 7) is 7.25. The van der Waals surface area contributed by atoms with E-state index in [0.717, 1.165) is 12.2 Å². The van der Waals surface area contributed by atoms with E-state index in [4.69, 9.17) is 0 Å². The van der Waals surface area contributed by atoms with Crippen molar-refractivity contribution in [3.05, 3.63) is 65.0 Å². The highest BCUT2D eigenvalue weighted by atomic mass is 16.2. The van der Waals surface area contributed by atoms with E-state index in [2.05, 4.69) is 46.0 Å². The number of likely N-dealkylation sites (tertiary alicyclic amines) is 1. The van der Waals surface area contributed by atoms with E-state index in [0.29, 0.717) is 29.6 Å². The molecule has 1 aromatic heterocycles. The van der Waals surface area contributed by atoms with Crippen LogP contribution < -0.4 is 0 Å². The number of hydrogen-bond acceptors (Lipinski definition) is 3. The monoisotopic (exact) mass is 361 g/mol. The van der Waals surface area contributed by atoms with Gasteiger partial charge in [-0.1, -0.05) is 35.9 Å². The fourth-order valence-corrected chi connectivity index (χ4v) is 5.57. The fourth-order valence-electron chi connectivity index (χ4n) is 5.57. The van der Waals surface area contributed by atoms with Gasteiger partial charge >= 0.3 is 0 Å². The minimum atomic E-state index is 0.108. The Morgan fingerprint density at radius 3 is 2.44 bits per heavy atom. The Morgan fingerprint density at radius 1 is 1.00 bits per heavy atom. The van der Waals surface area contributed by atoms with Gasteiger partial charge in [-0.2, -0.15) is 0 Å². The molecular weight excluding hydrogens is 334 g/mol. The number of benzene rings is 1. The number of carbonyl (C=O) groups is 1. The van der Waals surface area contributed by atoms with Crippen LogP contribution >= 0.6 is 0 Å². The number of fused-ring (bicyclic) bond motifs is 2. The lowest BCUT2D eigenvalue weighted by Crippen LogP contribution is -2.60. The van der Waals surface area contributed by atoms with Crippen LogP contribution in [-0.4, -0.2) is 52.4 Å². The highest BCUT2D eigenvalue weighted by Crippen LogP contribution is 2.46. The Bertz CT molecular complexity index is 854. The maximum absolute atomic E-state index is 13.4. The molecule has 6 rings (SSSR count). The molecule has 0 N–H and O–H groups in total. The molecule has 0 saturated carbocycles. The van der Waals surface area contributed by atoms with Crippen LogP contribution in [0.4, 0.5) is 0 Å². The van der Waals surface area contributed by atoms with Crippen LogP contribution in [0.5, 0.6) is 0 Å². The van der Waals surface area contributed by atoms with E-state index in [9.17, 15) is 4.79 Å². The summed E-state index contributed by atoms with van der Waals surface area (Å²) >= 11 is 0. The quantitative estimate of drug-likeness (QED) is 0.823. The second-order valence-corrected chi connectivity index (χ2v) is 8.49. The normalized spacial score (nSPS) is 31.8. The topological polar surface area (TPSA) is 36.4 Å². The van der Waals surface area contributed by atoms with E-state index in [1.807, 2.05) is 25.1 Å². The van der Waals surface area contributed by atoms with Crippen molar-refractivity contribution in [2.24, 2.45) is 5.92 Å². The highest BCUT2D eigenvalue weighted by Gasteiger charge is 2.54. The Balaban J connectivity index is 1.52. The summed E-state index contributed by atoms with van der Waals surface area (Å²) in [5, 5.41) is 0. The Hall–Kier alpha value is -2.20. The molecule has 140 valence electrons. The summed E-state index contributed by atoms with van der Waals surface area (Å²) in [5.74, 6) is 1.13. The van der Waals surface area contributed by atoms with Crippen LogP contribution in [0.25, 0.3) is 0 Å². The minimum Gasteiger partial charge on any atom is -0.332 e. The molecule has 0 radical (unpaired) electrons. The third-order valence-corrected chi connectivity index (χ3v) is 6.87. The summed E-state index contributed by atoms with van der Waals surface area (Å²) in [6.07, 6.45) is 2.43. The third-order valence-electron chi connectivity index (χ3n) is 6.87. The smallest absolute Gasteiger partial charge is 0.272 e. The van der Waals surface area contributed by atoms with Gasteiger partial charge in [0.1, 0.15) is 5.69 Å². The van der Waals surface area contributed by atoms with E-state index in [1.165, 1.54) is 37.1 Å². The van der Waals surface area contributed by atoms with Crippen molar-refractivity contribution in [3.63, 3.8) is 0 Å². The van der Waals surface area contributed by atoms with E-state index < -0.39 is 0 Å². The Kier molecular flexibility index (Phi) is 4.05. The molecule has 4 aliphatic rings. The van der Waals surface area contributed by atoms with Gasteiger partial charge in [0, 0.05) is 24.2 Å². The summed E-state index contributed by atoms with van der Waals surface area (Å²) in [7, 11) is 0. The predicted octanol–water partition coefficient (Wildman–Crippen LogP) is 3.40. The van der Waals surface area contributed by atoms with E-state index in [-0.39, 0.29) is 5.91 Å². The first-order valence-electron chi connectivity index (χ1n) is 10.2. The number of nitrogens with zero attached hydrogens (tertiary/aromatic N) is 3. The average Bonchev–Trinajstić information content (AvgIpc) is 3.12. The molecule has 0 spiro atoms. The van der Waals surface area contributed by atoms with Gasteiger partial charge in [-0.3, -0.25) is 9.69 Å². The molecule has 4 fully saturated rings. The number of hydrogen-bond donors (Lipinski definition) is 0. The SMILES string of the molecule is Cc1ccc([C@@H]2CN(C(=O)c3cccc(C)n3)[C@@H]3C4CCN(CC4)[C@@H]32)cc1. The van der Waals surface area contributed by atoms with Crippen molar-refractivity contribution in [2.75, 3.05) is 19.6 Å². The number of aromatic nitrogens is 1. The lowest BCUT2D eigenvalue weighted by molar-refractivity contribution is -0.00358. The van der Waals surface area contributed by atoms with Gasteiger partial charge < -0.3 is 4.90 Å². The molecule has 3 atom stereocenters. The minimum absolute atomic E-state index is 0.108. The second-order valence-electron chi connectivity index (χ2n) is 8.49. The van der Waals surface area contributed by atoms with Gasteiger partial charge in [-0.05, 0) is 63.4 Å². The molecule has 27 heavy (non-hydrogen) atoms. The second kappa shape index (κ2) is 6.45. The first-order chi connectivity index (χ1) is 13.1. The van der Waals surface area contributed by atoms with Crippen molar-refractivity contribution in [1.82, 2.24) is 14.8 Å². The van der Waals surface area contributed by atoms with Crippen molar-refractivity contribution >= 4 is 5.91 Å². The largest absolute Gasteiger partial charge is 0.332 e. The van der Waals surface area contributed by atoms with E-state index in [1.54, 1.807) is 0 Å². The van der Waals surface area contributed by atoms with Crippen molar-refractivity contribution in [1.29, 1.82) is 0 Å². The van der Waals surface area contributed by atoms with Gasteiger partial charge in [0.15, 0.2) is 0 Å². The first-order valence-corrected chi connectivity index (χ1v) is 10.2. The van der Waals surface area contributed by atoms with E-state index >= 15 is 0 Å². The van der Waals surface area contributed by atoms with Gasteiger partial charge in [0.2, 0.25) is 0 Å². The Labute approximate surface area is 161 Å². The number of amides is 1. The maximum atomic E-state index is 13.4. The van der Waals surface area contributed by atoms with Crippen LogP contribution in [0, 0.1) is 19.8 Å². The van der Waals surface area contributed by atoms with Gasteiger partial charge in [0.25, 0.3) is 5.91 Å². The first kappa shape index (κ1) is 16.9. The highest BCUT2D eigenvalue weighted by molar-refractivity contribution is 5.93. The molecule has 5 heterocycles. The number of pyridine rings is 1. The van der Waals surface area contributed by atoms with Crippen LogP contribution in [0.15, 0.2) is 42.5 Å². The van der Waals surface area contributed by atoms with Crippen LogP contribution in [-0.2, 0) is 0 Å². The molecule has 2 aromatic rings. The van der Waals surface area contributed by atoms with Crippen LogP contribution in [0.1, 0.15) is 46.1 Å². The number of aryl methyl sites for hydroxylation is 2. The van der Waals surface area contributed by atoms with Gasteiger partial charge in [-0.25, -0.2) is 4.98 Å². The summed E-state index contributed by atoms with van der Waals surface area (Å²) < 4.78 is 0. The number of piperidine rings is 3. The molecule has 4 saturated heterocycles. The fraction of sp³-hybridized carbons (Fsp3) is 0.478. The zero-order chi connectivity index (χ0) is 18.5. The summed E-state index contributed by atoms with van der Waals surface area (Å²) in [5.41, 5.74) is 4.15. The molecule has 4 aliphatic heterocycles. The Morgan fingerprint density at radius 2 is 1.74 bits per heavy atom. The molecule has 2 bridgehead atoms. The molecule has 1 amide bonds. The number of rotatable bonds is 2. The molecule has 4 nitrogen and oxygen atoms in total. The zero-order valence-corrected chi connectivity index (χ0v) is 16.1. The third kappa shape index (κ3) is 2.78. The molecule has 0 unspecified atom stereocenters. The summed E-state index contributed by atoms with van der Waals surface area (Å²) in [4.78, 5) is 22.7. The van der Waals surface area contributed by atoms with Crippen molar-refractivity contribution in [3.8, 4) is 0 Å². The number of carbonyl (C=O) groups excluding carboxylic acids is 1. The zero-order valence-electron chi connectivity index (χ0n) is 16.1. The van der Waals surface area contributed by atoms with Gasteiger partial charge in [-0.15, -0.1) is 0 Å². The maximum Gasteiger partial charge on any atom is 0.272 e. The van der Waals surface area contributed by atoms with Gasteiger partial charge in [0.05, 0.1) is 6.04 Å².